The van der Waals surface area contributed by atoms with Crippen LogP contribution in [0.4, 0.5) is 16.2 Å². The Bertz CT molecular complexity index is 969. The molecule has 1 aliphatic rings. The van der Waals surface area contributed by atoms with Crippen LogP contribution in [0.5, 0.6) is 0 Å². The number of carbonyl (C=O) groups is 2. The number of unbranched alkanes of at least 4 members (excludes halogenated alkanes) is 1. The van der Waals surface area contributed by atoms with Crippen molar-refractivity contribution in [2.24, 2.45) is 0 Å². The summed E-state index contributed by atoms with van der Waals surface area (Å²) in [6.45, 7) is 0.767. The van der Waals surface area contributed by atoms with Crippen LogP contribution in [0, 0.1) is 10.1 Å². The number of hydrogen-bond acceptors (Lipinski definition) is 7. The van der Waals surface area contributed by atoms with Crippen molar-refractivity contribution in [2.75, 3.05) is 17.7 Å². The molecule has 0 aliphatic carbocycles. The summed E-state index contributed by atoms with van der Waals surface area (Å²) in [5.74, 6) is 0.355. The van der Waals surface area contributed by atoms with Gasteiger partial charge in [0.05, 0.1) is 10.8 Å². The number of ether oxygens (including phenoxy) is 1. The van der Waals surface area contributed by atoms with Crippen LogP contribution in [0.2, 0.25) is 0 Å². The van der Waals surface area contributed by atoms with Crippen molar-refractivity contribution in [3.05, 3.63) is 81.9 Å². The lowest BCUT2D eigenvalue weighted by molar-refractivity contribution is -0.384. The van der Waals surface area contributed by atoms with Crippen molar-refractivity contribution >= 4 is 35.1 Å². The first-order chi connectivity index (χ1) is 16.0. The molecule has 1 unspecified atom stereocenters. The monoisotopic (exact) mass is 470 g/mol. The average Bonchev–Trinajstić information content (AvgIpc) is 3.37. The molecule has 0 spiro atoms. The molecule has 2 aromatic carbocycles. The zero-order chi connectivity index (χ0) is 23.5. The van der Waals surface area contributed by atoms with Crippen LogP contribution in [-0.4, -0.2) is 40.3 Å². The fraction of sp³-hybridized carbons (Fsp3) is 0.304. The van der Waals surface area contributed by atoms with Crippen LogP contribution < -0.4 is 10.6 Å². The van der Waals surface area contributed by atoms with Crippen molar-refractivity contribution in [3.8, 4) is 0 Å². The number of carbonyl (C=O) groups excluding carboxylic acids is 2. The first-order valence-electron chi connectivity index (χ1n) is 10.6. The van der Waals surface area contributed by atoms with E-state index < -0.39 is 17.1 Å². The molecule has 0 fully saturated rings. The van der Waals surface area contributed by atoms with E-state index in [1.165, 1.54) is 23.9 Å². The number of nitrogens with zero attached hydrogens (tertiary/aromatic N) is 2. The van der Waals surface area contributed by atoms with E-state index in [0.717, 1.165) is 17.7 Å². The second kappa shape index (κ2) is 12.5. The van der Waals surface area contributed by atoms with Crippen LogP contribution in [0.1, 0.15) is 24.8 Å². The molecular formula is C23H26N4O5S. The second-order valence-corrected chi connectivity index (χ2v) is 8.24. The minimum Gasteiger partial charge on any atom is -0.445 e. The van der Waals surface area contributed by atoms with Crippen LogP contribution >= 0.6 is 11.8 Å². The van der Waals surface area contributed by atoms with Gasteiger partial charge >= 0.3 is 6.09 Å². The molecule has 0 aromatic heterocycles. The molecule has 0 radical (unpaired) electrons. The van der Waals surface area contributed by atoms with E-state index in [1.807, 2.05) is 35.7 Å². The highest BCUT2D eigenvalue weighted by atomic mass is 32.2. The minimum absolute atomic E-state index is 0.0428. The van der Waals surface area contributed by atoms with E-state index in [1.54, 1.807) is 23.2 Å². The van der Waals surface area contributed by atoms with Gasteiger partial charge < -0.3 is 20.3 Å². The van der Waals surface area contributed by atoms with E-state index in [0.29, 0.717) is 25.3 Å². The molecule has 10 heteroatoms. The van der Waals surface area contributed by atoms with Crippen LogP contribution in [0.3, 0.4) is 0 Å². The van der Waals surface area contributed by atoms with E-state index >= 15 is 0 Å². The smallest absolute Gasteiger partial charge is 0.408 e. The number of benzene rings is 2. The number of hydrogen-bond donors (Lipinski definition) is 2. The summed E-state index contributed by atoms with van der Waals surface area (Å²) in [6, 6.07) is 14.9. The van der Waals surface area contributed by atoms with Gasteiger partial charge in [-0.1, -0.05) is 30.3 Å². The predicted octanol–water partition coefficient (Wildman–Crippen LogP) is 4.48. The maximum Gasteiger partial charge on any atom is 0.408 e. The molecule has 1 heterocycles. The SMILES string of the molecule is O=C(NC(CCCCNc1ccc([N+](=O)[O-])cc1)C(=O)N1C=CSC1)OCc1ccccc1. The number of nitro benzene ring substituents is 1. The van der Waals surface area contributed by atoms with Crippen LogP contribution in [0.25, 0.3) is 0 Å². The third-order valence-corrected chi connectivity index (χ3v) is 5.70. The summed E-state index contributed by atoms with van der Waals surface area (Å²) in [6.07, 6.45) is 3.01. The summed E-state index contributed by atoms with van der Waals surface area (Å²) in [5.41, 5.74) is 1.70. The lowest BCUT2D eigenvalue weighted by Crippen LogP contribution is -2.46. The van der Waals surface area contributed by atoms with Gasteiger partial charge in [0.15, 0.2) is 0 Å². The number of non-ortho nitro benzene ring substituents is 1. The zero-order valence-electron chi connectivity index (χ0n) is 18.0. The third-order valence-electron chi connectivity index (χ3n) is 4.96. The summed E-state index contributed by atoms with van der Waals surface area (Å²) in [5, 5.41) is 18.5. The number of amides is 2. The Morgan fingerprint density at radius 2 is 1.88 bits per heavy atom. The molecule has 1 aliphatic heterocycles. The van der Waals surface area contributed by atoms with Gasteiger partial charge in [-0.3, -0.25) is 14.9 Å². The summed E-state index contributed by atoms with van der Waals surface area (Å²) < 4.78 is 5.28. The number of nitrogens with one attached hydrogen (secondary N) is 2. The normalized spacial score (nSPS) is 13.4. The molecule has 0 saturated heterocycles. The molecule has 0 bridgehead atoms. The van der Waals surface area contributed by atoms with Crippen LogP contribution in [-0.2, 0) is 16.1 Å². The zero-order valence-corrected chi connectivity index (χ0v) is 18.8. The highest BCUT2D eigenvalue weighted by Gasteiger charge is 2.26. The lowest BCUT2D eigenvalue weighted by Gasteiger charge is -2.22. The maximum absolute atomic E-state index is 12.8. The van der Waals surface area contributed by atoms with Gasteiger partial charge in [-0.2, -0.15) is 0 Å². The summed E-state index contributed by atoms with van der Waals surface area (Å²) in [4.78, 5) is 37.0. The molecule has 2 N–H and O–H groups in total. The Labute approximate surface area is 196 Å². The molecular weight excluding hydrogens is 444 g/mol. The Morgan fingerprint density at radius 3 is 2.55 bits per heavy atom. The predicted molar refractivity (Wildman–Crippen MR) is 127 cm³/mol. The average molecular weight is 471 g/mol. The third kappa shape index (κ3) is 7.83. The van der Waals surface area contributed by atoms with Gasteiger partial charge in [0, 0.05) is 30.6 Å². The highest BCUT2D eigenvalue weighted by Crippen LogP contribution is 2.18. The summed E-state index contributed by atoms with van der Waals surface area (Å²) >= 11 is 1.52. The molecule has 9 nitrogen and oxygen atoms in total. The number of anilines is 1. The fourth-order valence-corrected chi connectivity index (χ4v) is 3.88. The number of thioether (sulfide) groups is 1. The van der Waals surface area contributed by atoms with Crippen molar-refractivity contribution in [1.29, 1.82) is 0 Å². The Hall–Kier alpha value is -3.53. The number of nitro groups is 1. The lowest BCUT2D eigenvalue weighted by atomic mass is 10.1. The molecule has 2 aromatic rings. The van der Waals surface area contributed by atoms with Gasteiger partial charge in [-0.05, 0) is 42.4 Å². The van der Waals surface area contributed by atoms with Gasteiger partial charge in [0.25, 0.3) is 5.69 Å². The molecule has 0 saturated carbocycles. The van der Waals surface area contributed by atoms with E-state index in [4.69, 9.17) is 4.74 Å². The molecule has 2 amide bonds. The second-order valence-electron chi connectivity index (χ2n) is 7.37. The van der Waals surface area contributed by atoms with Gasteiger partial charge in [0.1, 0.15) is 12.6 Å². The van der Waals surface area contributed by atoms with Crippen molar-refractivity contribution in [3.63, 3.8) is 0 Å². The maximum atomic E-state index is 12.8. The van der Waals surface area contributed by atoms with Crippen molar-refractivity contribution < 1.29 is 19.2 Å². The Morgan fingerprint density at radius 1 is 1.12 bits per heavy atom. The minimum atomic E-state index is -0.684. The first-order valence-corrected chi connectivity index (χ1v) is 11.6. The summed E-state index contributed by atoms with van der Waals surface area (Å²) in [7, 11) is 0. The van der Waals surface area contributed by atoms with Crippen LogP contribution in [0.15, 0.2) is 66.2 Å². The number of rotatable bonds is 11. The Kier molecular flexibility index (Phi) is 9.13. The van der Waals surface area contributed by atoms with E-state index in [9.17, 15) is 19.7 Å². The van der Waals surface area contributed by atoms with Gasteiger partial charge in [0.2, 0.25) is 5.91 Å². The fourth-order valence-electron chi connectivity index (χ4n) is 3.19. The molecule has 3 rings (SSSR count). The Balaban J connectivity index is 1.45. The van der Waals surface area contributed by atoms with Gasteiger partial charge in [-0.25, -0.2) is 4.79 Å². The van der Waals surface area contributed by atoms with Crippen molar-refractivity contribution in [1.82, 2.24) is 10.2 Å². The highest BCUT2D eigenvalue weighted by molar-refractivity contribution is 8.02. The van der Waals surface area contributed by atoms with Crippen molar-refractivity contribution in [2.45, 2.75) is 31.9 Å². The topological polar surface area (TPSA) is 114 Å². The molecule has 174 valence electrons. The number of alkyl carbamates (subject to hydrolysis) is 1. The largest absolute Gasteiger partial charge is 0.445 e. The first kappa shape index (κ1) is 24.1. The van der Waals surface area contributed by atoms with E-state index in [-0.39, 0.29) is 18.2 Å². The van der Waals surface area contributed by atoms with E-state index in [2.05, 4.69) is 10.6 Å². The quantitative estimate of drug-likeness (QED) is 0.283. The van der Waals surface area contributed by atoms with Gasteiger partial charge in [-0.15, -0.1) is 11.8 Å². The molecule has 1 atom stereocenters. The standard InChI is InChI=1S/C23H26N4O5S/c28-22(26-14-15-33-17-26)21(25-23(29)32-16-18-6-2-1-3-7-18)8-4-5-13-24-19-9-11-20(12-10-19)27(30)31/h1-3,6-7,9-12,14-15,21,24H,4-5,8,13,16-17H2,(H,25,29). The molecule has 33 heavy (non-hydrogen) atoms.